The number of ether oxygens (including phenoxy) is 4. The van der Waals surface area contributed by atoms with E-state index in [0.717, 1.165) is 76.3 Å². The third-order valence-electron chi connectivity index (χ3n) is 10.4. The van der Waals surface area contributed by atoms with Gasteiger partial charge in [0.05, 0.1) is 44.9 Å². The van der Waals surface area contributed by atoms with E-state index in [1.54, 1.807) is 42.3 Å². The zero-order valence-electron chi connectivity index (χ0n) is 39.4. The Balaban J connectivity index is 0.00000111. The summed E-state index contributed by atoms with van der Waals surface area (Å²) in [6, 6.07) is 18.8. The number of aryl methyl sites for hydroxylation is 2. The number of nitrogens with one attached hydrogen (secondary N) is 4. The number of H-pyrrole nitrogens is 2. The monoisotopic (exact) mass is 904 g/mol. The summed E-state index contributed by atoms with van der Waals surface area (Å²) in [5.41, 5.74) is 9.65. The molecule has 16 nitrogen and oxygen atoms in total. The number of carbonyl (C=O) groups is 4. The molecule has 0 spiro atoms. The Labute approximate surface area is 388 Å². The van der Waals surface area contributed by atoms with Crippen LogP contribution in [0.4, 0.5) is 9.59 Å². The number of fused-ring (bicyclic) bond motifs is 6. The van der Waals surface area contributed by atoms with Gasteiger partial charge < -0.3 is 49.3 Å². The van der Waals surface area contributed by atoms with Crippen molar-refractivity contribution in [1.29, 1.82) is 0 Å². The van der Waals surface area contributed by atoms with Crippen LogP contribution in [-0.4, -0.2) is 102 Å². The largest absolute Gasteiger partial charge is 0.488 e. The van der Waals surface area contributed by atoms with Crippen molar-refractivity contribution in [3.05, 3.63) is 101 Å². The number of hydrogen-bond acceptors (Lipinski definition) is 10. The van der Waals surface area contributed by atoms with Gasteiger partial charge in [0.25, 0.3) is 0 Å². The van der Waals surface area contributed by atoms with Gasteiger partial charge in [-0.1, -0.05) is 76.6 Å². The fraction of sp³-hybridized carbons (Fsp3) is 0.400. The van der Waals surface area contributed by atoms with Gasteiger partial charge in [-0.3, -0.25) is 9.59 Å². The average molecular weight is 905 g/mol. The van der Waals surface area contributed by atoms with Crippen LogP contribution in [0, 0.1) is 12.8 Å². The number of terminal acetylenes is 1. The van der Waals surface area contributed by atoms with E-state index in [9.17, 15) is 19.2 Å². The maximum atomic E-state index is 13.9. The van der Waals surface area contributed by atoms with E-state index in [1.165, 1.54) is 26.2 Å². The lowest BCUT2D eigenvalue weighted by Crippen LogP contribution is -2.43. The van der Waals surface area contributed by atoms with Gasteiger partial charge in [-0.15, -0.1) is 12.8 Å². The van der Waals surface area contributed by atoms with Crippen molar-refractivity contribution in [2.45, 2.75) is 85.5 Å². The van der Waals surface area contributed by atoms with Gasteiger partial charge >= 0.3 is 12.2 Å². The summed E-state index contributed by atoms with van der Waals surface area (Å²) in [4.78, 5) is 70.4. The van der Waals surface area contributed by atoms with E-state index < -0.39 is 18.2 Å². The molecule has 7 rings (SSSR count). The number of alkyl carbamates (subject to hydrolysis) is 2. The van der Waals surface area contributed by atoms with Gasteiger partial charge in [0.1, 0.15) is 36.6 Å². The molecular weight excluding hydrogens is 841 g/mol. The van der Waals surface area contributed by atoms with Crippen molar-refractivity contribution in [2.24, 2.45) is 0 Å². The second kappa shape index (κ2) is 26.0. The van der Waals surface area contributed by atoms with E-state index in [1.807, 2.05) is 32.0 Å². The molecule has 1 atom stereocenters. The summed E-state index contributed by atoms with van der Waals surface area (Å²) in [5, 5.41) is 5.16. The number of benzene rings is 3. The zero-order chi connectivity index (χ0) is 48.2. The molecule has 5 aromatic rings. The predicted molar refractivity (Wildman–Crippen MR) is 254 cm³/mol. The van der Waals surface area contributed by atoms with Crippen LogP contribution in [0.5, 0.6) is 5.75 Å². The van der Waals surface area contributed by atoms with Crippen LogP contribution < -0.4 is 15.4 Å². The molecule has 2 aliphatic rings. The minimum absolute atomic E-state index is 0.153. The van der Waals surface area contributed by atoms with Crippen molar-refractivity contribution in [3.8, 4) is 52.2 Å². The van der Waals surface area contributed by atoms with Gasteiger partial charge in [-0.25, -0.2) is 19.6 Å². The Morgan fingerprint density at radius 2 is 1.45 bits per heavy atom. The van der Waals surface area contributed by atoms with Crippen LogP contribution in [0.15, 0.2) is 66.9 Å². The summed E-state index contributed by atoms with van der Waals surface area (Å²) in [6.07, 6.45) is 12.8. The van der Waals surface area contributed by atoms with Gasteiger partial charge in [0, 0.05) is 44.1 Å². The first-order chi connectivity index (χ1) is 32.0. The summed E-state index contributed by atoms with van der Waals surface area (Å²) in [6.45, 7) is 10.0. The molecule has 1 aliphatic heterocycles. The van der Waals surface area contributed by atoms with Gasteiger partial charge in [0.15, 0.2) is 0 Å². The molecule has 4 amide bonds. The molecule has 0 saturated heterocycles. The lowest BCUT2D eigenvalue weighted by molar-refractivity contribution is -0.134. The smallest absolute Gasteiger partial charge is 0.407 e. The Hall–Kier alpha value is -7.12. The topological polar surface area (TPSA) is 193 Å². The van der Waals surface area contributed by atoms with E-state index in [4.69, 9.17) is 14.5 Å². The first kappa shape index (κ1) is 51.5. The molecule has 1 aliphatic carbocycles. The van der Waals surface area contributed by atoms with Crippen molar-refractivity contribution in [3.63, 3.8) is 0 Å². The first-order valence-electron chi connectivity index (χ1n) is 22.1. The zero-order valence-corrected chi connectivity index (χ0v) is 39.4. The minimum Gasteiger partial charge on any atom is -0.488 e. The second-order valence-corrected chi connectivity index (χ2v) is 15.4. The van der Waals surface area contributed by atoms with Crippen LogP contribution in [0.2, 0.25) is 0 Å². The van der Waals surface area contributed by atoms with Crippen LogP contribution in [0.3, 0.4) is 0 Å². The Morgan fingerprint density at radius 1 is 0.788 bits per heavy atom. The Kier molecular flexibility index (Phi) is 20.3. The summed E-state index contributed by atoms with van der Waals surface area (Å²) in [7, 11) is 5.78. The summed E-state index contributed by atoms with van der Waals surface area (Å²) in [5.74, 6) is 1.62. The lowest BCUT2D eigenvalue weighted by atomic mass is 9.86. The van der Waals surface area contributed by atoms with Gasteiger partial charge in [-0.05, 0) is 71.7 Å². The number of imidazole rings is 2. The standard InChI is InChI=1S/C43H48N8O7.C3H8.C2H6O.C2H2/c1-5-16-50(38(52)22-45-42(54)56-3)24-37-46-33-15-13-27-19-32-30-14-12-28(18-29(30)25-58-35(32)20-31(27)40(33)48-37)34-21-44-36(47-34)23-51(17-6-2)41(53)39(49-43(55)57-4)26-10-8-7-9-11-26;2*1-3-2;1-2/h7-12,14,18-21,39H,5-6,13,15-17,22-25H2,1-4H3,(H,44,47)(H,45,54)(H,46,48)(H,49,55);3H2,1-2H3;1-2H3;1-2H/t39-;;;/m1.../s1. The minimum atomic E-state index is -0.912. The molecule has 16 heteroatoms. The Morgan fingerprint density at radius 3 is 2.12 bits per heavy atom. The van der Waals surface area contributed by atoms with Gasteiger partial charge in [-0.2, -0.15) is 0 Å². The molecule has 352 valence electrons. The number of aromatic amines is 2. The molecule has 0 fully saturated rings. The first-order valence-corrected chi connectivity index (χ1v) is 22.1. The van der Waals surface area contributed by atoms with E-state index in [0.29, 0.717) is 43.5 Å². The SMILES string of the molecule is C#C.CCC.CCCN(Cc1nc2c([nH]1)CCc1cc3c(cc1-2)OCc1cc(-c2cnc(CN(CCC)C(=O)[C@H](NC(=O)OC)c4ccccc4)[nH]2)ccc1-3)C(=O)CNC(=O)OC.COC. The molecule has 0 radical (unpaired) electrons. The average Bonchev–Trinajstić information content (AvgIpc) is 3.99. The van der Waals surface area contributed by atoms with Crippen molar-refractivity contribution >= 4 is 24.0 Å². The number of aromatic nitrogens is 4. The molecular formula is C50H64N8O8. The molecule has 2 aromatic heterocycles. The number of carbonyl (C=O) groups excluding carboxylic acids is 4. The van der Waals surface area contributed by atoms with Crippen LogP contribution >= 0.6 is 0 Å². The highest BCUT2D eigenvalue weighted by atomic mass is 16.5. The summed E-state index contributed by atoms with van der Waals surface area (Å²) < 4.78 is 20.1. The molecule has 3 aromatic carbocycles. The van der Waals surface area contributed by atoms with Gasteiger partial charge in [0.2, 0.25) is 11.8 Å². The normalized spacial score (nSPS) is 11.8. The molecule has 0 unspecified atom stereocenters. The van der Waals surface area contributed by atoms with Crippen molar-refractivity contribution < 1.29 is 38.1 Å². The lowest BCUT2D eigenvalue weighted by Gasteiger charge is -2.27. The van der Waals surface area contributed by atoms with Crippen LogP contribution in [0.1, 0.15) is 87.0 Å². The summed E-state index contributed by atoms with van der Waals surface area (Å²) >= 11 is 0. The fourth-order valence-corrected chi connectivity index (χ4v) is 7.56. The van der Waals surface area contributed by atoms with Crippen molar-refractivity contribution in [1.82, 2.24) is 40.4 Å². The quantitative estimate of drug-likeness (QED) is 0.0795. The number of hydrogen-bond donors (Lipinski definition) is 4. The van der Waals surface area contributed by atoms with E-state index in [-0.39, 0.29) is 24.9 Å². The molecule has 3 heterocycles. The number of rotatable bonds is 14. The predicted octanol–water partition coefficient (Wildman–Crippen LogP) is 7.98. The molecule has 4 N–H and O–H groups in total. The highest BCUT2D eigenvalue weighted by molar-refractivity contribution is 5.87. The van der Waals surface area contributed by atoms with Crippen molar-refractivity contribution in [2.75, 3.05) is 48.1 Å². The third kappa shape index (κ3) is 13.2. The highest BCUT2D eigenvalue weighted by Crippen LogP contribution is 2.44. The fourth-order valence-electron chi connectivity index (χ4n) is 7.56. The highest BCUT2D eigenvalue weighted by Gasteiger charge is 2.30. The van der Waals surface area contributed by atoms with Crippen LogP contribution in [-0.2, 0) is 56.3 Å². The molecule has 0 saturated carbocycles. The Bertz CT molecular complexity index is 2390. The number of nitrogens with zero attached hydrogens (tertiary/aromatic N) is 4. The maximum absolute atomic E-state index is 13.9. The number of methoxy groups -OCH3 is 3. The molecule has 66 heavy (non-hydrogen) atoms. The molecule has 0 bridgehead atoms. The maximum Gasteiger partial charge on any atom is 0.407 e. The van der Waals surface area contributed by atoms with E-state index in [2.05, 4.69) is 92.1 Å². The number of amides is 4. The van der Waals surface area contributed by atoms with E-state index >= 15 is 0 Å². The second-order valence-electron chi connectivity index (χ2n) is 15.4. The van der Waals surface area contributed by atoms with Crippen LogP contribution in [0.25, 0.3) is 33.6 Å². The third-order valence-corrected chi connectivity index (χ3v) is 10.4.